The zero-order chi connectivity index (χ0) is 17.1. The van der Waals surface area contributed by atoms with Gasteiger partial charge < -0.3 is 18.6 Å². The summed E-state index contributed by atoms with van der Waals surface area (Å²) < 4.78 is 15.1. The van der Waals surface area contributed by atoms with Gasteiger partial charge in [-0.3, -0.25) is 4.79 Å². The molecule has 2 aromatic heterocycles. The SMILES string of the molecule is COC(=O)[C@H](C)N(C(=O)CCc1nc(-c2ccco2)no1)C1CC1. The van der Waals surface area contributed by atoms with Crippen LogP contribution in [0.2, 0.25) is 0 Å². The summed E-state index contributed by atoms with van der Waals surface area (Å²) in [5, 5.41) is 3.83. The van der Waals surface area contributed by atoms with Crippen LogP contribution in [0.4, 0.5) is 0 Å². The molecule has 1 aliphatic carbocycles. The first-order chi connectivity index (χ1) is 11.6. The molecule has 0 aromatic carbocycles. The number of aryl methyl sites for hydroxylation is 1. The molecule has 0 unspecified atom stereocenters. The molecule has 0 bridgehead atoms. The van der Waals surface area contributed by atoms with Crippen LogP contribution in [-0.2, 0) is 20.7 Å². The quantitative estimate of drug-likeness (QED) is 0.713. The second-order valence-corrected chi connectivity index (χ2v) is 5.72. The second kappa shape index (κ2) is 6.86. The number of hydrogen-bond acceptors (Lipinski definition) is 7. The number of ether oxygens (including phenoxy) is 1. The Morgan fingerprint density at radius 1 is 1.46 bits per heavy atom. The van der Waals surface area contributed by atoms with Crippen molar-refractivity contribution >= 4 is 11.9 Å². The summed E-state index contributed by atoms with van der Waals surface area (Å²) in [6.45, 7) is 1.68. The Bertz CT molecular complexity index is 705. The van der Waals surface area contributed by atoms with E-state index >= 15 is 0 Å². The molecule has 0 radical (unpaired) electrons. The summed E-state index contributed by atoms with van der Waals surface area (Å²) in [4.78, 5) is 30.1. The van der Waals surface area contributed by atoms with Crippen LogP contribution in [-0.4, -0.2) is 46.1 Å². The van der Waals surface area contributed by atoms with Gasteiger partial charge in [0.1, 0.15) is 6.04 Å². The van der Waals surface area contributed by atoms with Crippen molar-refractivity contribution in [3.05, 3.63) is 24.3 Å². The van der Waals surface area contributed by atoms with Gasteiger partial charge in [-0.05, 0) is 31.9 Å². The molecule has 8 heteroatoms. The van der Waals surface area contributed by atoms with E-state index in [9.17, 15) is 9.59 Å². The standard InChI is InChI=1S/C16H19N3O5/c1-10(16(21)22-2)19(11-5-6-11)14(20)8-7-13-17-15(18-24-13)12-4-3-9-23-12/h3-4,9-11H,5-8H2,1-2H3/t10-/m0/s1. The predicted octanol–water partition coefficient (Wildman–Crippen LogP) is 1.81. The van der Waals surface area contributed by atoms with Crippen molar-refractivity contribution in [3.8, 4) is 11.6 Å². The van der Waals surface area contributed by atoms with Crippen molar-refractivity contribution < 1.29 is 23.3 Å². The van der Waals surface area contributed by atoms with Crippen LogP contribution in [0.5, 0.6) is 0 Å². The van der Waals surface area contributed by atoms with Gasteiger partial charge in [0.25, 0.3) is 0 Å². The summed E-state index contributed by atoms with van der Waals surface area (Å²) in [5.41, 5.74) is 0. The minimum absolute atomic E-state index is 0.117. The first-order valence-electron chi connectivity index (χ1n) is 7.85. The van der Waals surface area contributed by atoms with Crippen molar-refractivity contribution in [2.24, 2.45) is 0 Å². The molecule has 3 rings (SSSR count). The number of nitrogens with zero attached hydrogens (tertiary/aromatic N) is 3. The summed E-state index contributed by atoms with van der Waals surface area (Å²) in [7, 11) is 1.32. The molecular weight excluding hydrogens is 314 g/mol. The Morgan fingerprint density at radius 2 is 2.25 bits per heavy atom. The van der Waals surface area contributed by atoms with Crippen LogP contribution in [0.1, 0.15) is 32.1 Å². The number of furan rings is 1. The minimum Gasteiger partial charge on any atom is -0.467 e. The number of amides is 1. The molecule has 2 aromatic rings. The normalized spacial score (nSPS) is 15.1. The van der Waals surface area contributed by atoms with Crippen LogP contribution < -0.4 is 0 Å². The van der Waals surface area contributed by atoms with E-state index in [0.717, 1.165) is 12.8 Å². The van der Waals surface area contributed by atoms with Crippen LogP contribution >= 0.6 is 0 Å². The highest BCUT2D eigenvalue weighted by Gasteiger charge is 2.38. The zero-order valence-electron chi connectivity index (χ0n) is 13.6. The predicted molar refractivity (Wildman–Crippen MR) is 81.7 cm³/mol. The van der Waals surface area contributed by atoms with Crippen molar-refractivity contribution in [1.82, 2.24) is 15.0 Å². The number of methoxy groups -OCH3 is 1. The maximum Gasteiger partial charge on any atom is 0.328 e. The molecule has 1 fully saturated rings. The zero-order valence-corrected chi connectivity index (χ0v) is 13.6. The van der Waals surface area contributed by atoms with Gasteiger partial charge in [0.05, 0.1) is 13.4 Å². The largest absolute Gasteiger partial charge is 0.467 e. The van der Waals surface area contributed by atoms with Crippen LogP contribution in [0, 0.1) is 0 Å². The molecule has 1 saturated carbocycles. The summed E-state index contributed by atoms with van der Waals surface area (Å²) >= 11 is 0. The maximum absolute atomic E-state index is 12.5. The number of rotatable bonds is 7. The van der Waals surface area contributed by atoms with Crippen molar-refractivity contribution in [1.29, 1.82) is 0 Å². The van der Waals surface area contributed by atoms with Gasteiger partial charge in [-0.2, -0.15) is 4.98 Å². The third kappa shape index (κ3) is 3.47. The lowest BCUT2D eigenvalue weighted by atomic mass is 10.2. The molecule has 1 atom stereocenters. The molecular formula is C16H19N3O5. The van der Waals surface area contributed by atoms with E-state index in [1.807, 2.05) is 0 Å². The van der Waals surface area contributed by atoms with Gasteiger partial charge >= 0.3 is 5.97 Å². The third-order valence-electron chi connectivity index (χ3n) is 3.95. The molecule has 2 heterocycles. The lowest BCUT2D eigenvalue weighted by Gasteiger charge is -2.27. The fourth-order valence-electron chi connectivity index (χ4n) is 2.58. The van der Waals surface area contributed by atoms with Gasteiger partial charge in [0.2, 0.25) is 17.6 Å². The fourth-order valence-corrected chi connectivity index (χ4v) is 2.58. The number of carbonyl (C=O) groups excluding carboxylic acids is 2. The number of carbonyl (C=O) groups is 2. The number of aromatic nitrogens is 2. The highest BCUT2D eigenvalue weighted by atomic mass is 16.5. The monoisotopic (exact) mass is 333 g/mol. The topological polar surface area (TPSA) is 98.7 Å². The second-order valence-electron chi connectivity index (χ2n) is 5.72. The fraction of sp³-hybridized carbons (Fsp3) is 0.500. The van der Waals surface area contributed by atoms with E-state index in [2.05, 4.69) is 10.1 Å². The van der Waals surface area contributed by atoms with Crippen molar-refractivity contribution in [2.45, 2.75) is 44.7 Å². The Balaban J connectivity index is 1.60. The number of hydrogen-bond donors (Lipinski definition) is 0. The van der Waals surface area contributed by atoms with Gasteiger partial charge in [0.15, 0.2) is 5.76 Å². The highest BCUT2D eigenvalue weighted by Crippen LogP contribution is 2.30. The molecule has 128 valence electrons. The minimum atomic E-state index is -0.587. The van der Waals surface area contributed by atoms with Crippen LogP contribution in [0.25, 0.3) is 11.6 Å². The molecule has 0 N–H and O–H groups in total. The smallest absolute Gasteiger partial charge is 0.328 e. The van der Waals surface area contributed by atoms with E-state index in [4.69, 9.17) is 13.7 Å². The third-order valence-corrected chi connectivity index (χ3v) is 3.95. The summed E-state index contributed by atoms with van der Waals surface area (Å²) in [6, 6.07) is 2.99. The molecule has 1 amide bonds. The van der Waals surface area contributed by atoms with Crippen LogP contribution in [0.15, 0.2) is 27.3 Å². The van der Waals surface area contributed by atoms with E-state index in [1.165, 1.54) is 13.4 Å². The highest BCUT2D eigenvalue weighted by molar-refractivity contribution is 5.84. The average molecular weight is 333 g/mol. The lowest BCUT2D eigenvalue weighted by Crippen LogP contribution is -2.45. The van der Waals surface area contributed by atoms with E-state index in [1.54, 1.807) is 24.0 Å². The summed E-state index contributed by atoms with van der Waals surface area (Å²) in [6.07, 6.45) is 3.85. The molecule has 0 saturated heterocycles. The molecule has 8 nitrogen and oxygen atoms in total. The number of esters is 1. The lowest BCUT2D eigenvalue weighted by molar-refractivity contribution is -0.152. The Hall–Kier alpha value is -2.64. The maximum atomic E-state index is 12.5. The van der Waals surface area contributed by atoms with Gasteiger partial charge in [-0.1, -0.05) is 5.16 Å². The molecule has 24 heavy (non-hydrogen) atoms. The first-order valence-corrected chi connectivity index (χ1v) is 7.85. The molecule has 1 aliphatic rings. The van der Waals surface area contributed by atoms with Gasteiger partial charge in [-0.25, -0.2) is 4.79 Å². The van der Waals surface area contributed by atoms with E-state index < -0.39 is 12.0 Å². The molecule has 0 aliphatic heterocycles. The van der Waals surface area contributed by atoms with E-state index in [0.29, 0.717) is 23.9 Å². The average Bonchev–Trinajstić information content (AvgIpc) is 3.08. The van der Waals surface area contributed by atoms with Gasteiger partial charge in [-0.15, -0.1) is 0 Å². The Kier molecular flexibility index (Phi) is 4.64. The van der Waals surface area contributed by atoms with Gasteiger partial charge in [0, 0.05) is 18.9 Å². The van der Waals surface area contributed by atoms with Crippen molar-refractivity contribution in [3.63, 3.8) is 0 Å². The Labute approximate surface area is 138 Å². The van der Waals surface area contributed by atoms with E-state index in [-0.39, 0.29) is 18.4 Å². The Morgan fingerprint density at radius 3 is 2.88 bits per heavy atom. The first kappa shape index (κ1) is 16.2. The van der Waals surface area contributed by atoms with Crippen LogP contribution in [0.3, 0.4) is 0 Å². The summed E-state index contributed by atoms with van der Waals surface area (Å²) in [5.74, 6) is 0.692. The van der Waals surface area contributed by atoms with Crippen molar-refractivity contribution in [2.75, 3.05) is 7.11 Å². The molecule has 0 spiro atoms.